The number of thioether (sulfide) groups is 2. The molecule has 0 fully saturated rings. The molecule has 0 amide bonds. The van der Waals surface area contributed by atoms with Crippen molar-refractivity contribution in [2.24, 2.45) is 4.99 Å². The Morgan fingerprint density at radius 2 is 2.22 bits per heavy atom. The van der Waals surface area contributed by atoms with Crippen LogP contribution >= 0.6 is 23.5 Å². The Morgan fingerprint density at radius 1 is 1.43 bits per heavy atom. The molecule has 0 N–H and O–H groups in total. The van der Waals surface area contributed by atoms with E-state index in [2.05, 4.69) is 11.6 Å². The number of rotatable bonds is 3. The van der Waals surface area contributed by atoms with E-state index in [0.29, 0.717) is 5.70 Å². The summed E-state index contributed by atoms with van der Waals surface area (Å²) in [5.41, 5.74) is 2.06. The van der Waals surface area contributed by atoms with Crippen molar-refractivity contribution < 1.29 is 9.59 Å². The number of carbonyl (C=O) groups is 2. The van der Waals surface area contributed by atoms with Gasteiger partial charge in [0, 0.05) is 29.8 Å². The zero-order valence-corrected chi connectivity index (χ0v) is 14.1. The van der Waals surface area contributed by atoms with Gasteiger partial charge in [0.15, 0.2) is 0 Å². The number of hydrogen-bond acceptors (Lipinski definition) is 5. The second-order valence-electron chi connectivity index (χ2n) is 4.89. The average Bonchev–Trinajstić information content (AvgIpc) is 3.07. The summed E-state index contributed by atoms with van der Waals surface area (Å²) in [6, 6.07) is 7.62. The minimum absolute atomic E-state index is 0.0660. The van der Waals surface area contributed by atoms with E-state index in [1.165, 1.54) is 18.7 Å². The van der Waals surface area contributed by atoms with E-state index in [9.17, 15) is 9.59 Å². The van der Waals surface area contributed by atoms with Crippen LogP contribution in [0, 0.1) is 0 Å². The van der Waals surface area contributed by atoms with E-state index in [-0.39, 0.29) is 11.0 Å². The summed E-state index contributed by atoms with van der Waals surface area (Å²) in [6.07, 6.45) is 5.28. The van der Waals surface area contributed by atoms with Gasteiger partial charge >= 0.3 is 0 Å². The number of aliphatic imine (C=N–C) groups is 1. The standard InChI is InChI=1S/C17H14N2O2S2/c1-3-8-22-17-18-14(16(21)23-17)9-12-10-19(11(2)20)15-7-5-4-6-13(12)15/h3-7,9-10H,1,8H2,2H3/b14-9-. The van der Waals surface area contributed by atoms with Crippen molar-refractivity contribution in [1.29, 1.82) is 0 Å². The van der Waals surface area contributed by atoms with Gasteiger partial charge in [-0.2, -0.15) is 0 Å². The molecule has 116 valence electrons. The summed E-state index contributed by atoms with van der Waals surface area (Å²) in [4.78, 5) is 28.2. The highest BCUT2D eigenvalue weighted by atomic mass is 32.2. The Bertz CT molecular complexity index is 878. The molecule has 2 heterocycles. The van der Waals surface area contributed by atoms with E-state index in [0.717, 1.165) is 38.4 Å². The molecule has 6 heteroatoms. The van der Waals surface area contributed by atoms with Gasteiger partial charge < -0.3 is 0 Å². The maximum Gasteiger partial charge on any atom is 0.244 e. The lowest BCUT2D eigenvalue weighted by molar-refractivity contribution is -0.107. The van der Waals surface area contributed by atoms with Gasteiger partial charge in [0.25, 0.3) is 0 Å². The minimum atomic E-state index is -0.0729. The second-order valence-corrected chi connectivity index (χ2v) is 7.12. The Labute approximate surface area is 142 Å². The zero-order valence-electron chi connectivity index (χ0n) is 12.5. The Morgan fingerprint density at radius 3 is 2.96 bits per heavy atom. The molecule has 1 aliphatic rings. The topological polar surface area (TPSA) is 51.4 Å². The van der Waals surface area contributed by atoms with Crippen molar-refractivity contribution in [2.45, 2.75) is 6.92 Å². The third-order valence-electron chi connectivity index (χ3n) is 3.30. The van der Waals surface area contributed by atoms with Crippen molar-refractivity contribution in [3.05, 3.63) is 54.4 Å². The SMILES string of the molecule is C=CCSC1=N/C(=C\c2cn(C(C)=O)c3ccccc23)C(=O)S1. The van der Waals surface area contributed by atoms with Crippen LogP contribution in [0.2, 0.25) is 0 Å². The van der Waals surface area contributed by atoms with Crippen LogP contribution in [0.5, 0.6) is 0 Å². The highest BCUT2D eigenvalue weighted by Gasteiger charge is 2.22. The molecule has 0 saturated heterocycles. The quantitative estimate of drug-likeness (QED) is 0.620. The summed E-state index contributed by atoms with van der Waals surface area (Å²) >= 11 is 2.63. The van der Waals surface area contributed by atoms with Crippen LogP contribution in [0.3, 0.4) is 0 Å². The van der Waals surface area contributed by atoms with Crippen molar-refractivity contribution in [2.75, 3.05) is 5.75 Å². The van der Waals surface area contributed by atoms with Crippen LogP contribution in [0.1, 0.15) is 17.3 Å². The molecule has 0 unspecified atom stereocenters. The lowest BCUT2D eigenvalue weighted by atomic mass is 10.1. The fourth-order valence-electron chi connectivity index (χ4n) is 2.31. The number of nitrogens with zero attached hydrogens (tertiary/aromatic N) is 2. The van der Waals surface area contributed by atoms with Gasteiger partial charge in [-0.15, -0.1) is 6.58 Å². The third kappa shape index (κ3) is 3.18. The van der Waals surface area contributed by atoms with Gasteiger partial charge in [0.1, 0.15) is 10.1 Å². The number of carbonyl (C=O) groups excluding carboxylic acids is 2. The fraction of sp³-hybridized carbons (Fsp3) is 0.118. The van der Waals surface area contributed by atoms with Crippen LogP contribution in [0.15, 0.2) is 53.8 Å². The molecule has 1 aromatic heterocycles. The van der Waals surface area contributed by atoms with Gasteiger partial charge in [0.2, 0.25) is 11.0 Å². The van der Waals surface area contributed by atoms with Crippen LogP contribution in [-0.4, -0.2) is 25.7 Å². The molecule has 0 atom stereocenters. The summed E-state index contributed by atoms with van der Waals surface area (Å²) in [6.45, 7) is 5.18. The molecular weight excluding hydrogens is 328 g/mol. The van der Waals surface area contributed by atoms with Gasteiger partial charge in [-0.1, -0.05) is 36.0 Å². The van der Waals surface area contributed by atoms with E-state index in [1.807, 2.05) is 24.3 Å². The number of hydrogen-bond donors (Lipinski definition) is 0. The predicted octanol–water partition coefficient (Wildman–Crippen LogP) is 4.19. The monoisotopic (exact) mass is 342 g/mol. The molecule has 1 aliphatic heterocycles. The molecule has 0 bridgehead atoms. The molecule has 4 nitrogen and oxygen atoms in total. The molecule has 2 aromatic rings. The summed E-state index contributed by atoms with van der Waals surface area (Å²) < 4.78 is 2.32. The molecule has 0 spiro atoms. The average molecular weight is 342 g/mol. The van der Waals surface area contributed by atoms with E-state index >= 15 is 0 Å². The number of fused-ring (bicyclic) bond motifs is 1. The lowest BCUT2D eigenvalue weighted by Gasteiger charge is -1.96. The molecule has 0 aliphatic carbocycles. The first kappa shape index (κ1) is 15.8. The molecule has 1 aromatic carbocycles. The zero-order chi connectivity index (χ0) is 16.4. The molecule has 0 saturated carbocycles. The highest BCUT2D eigenvalue weighted by Crippen LogP contribution is 2.32. The highest BCUT2D eigenvalue weighted by molar-refractivity contribution is 8.45. The van der Waals surface area contributed by atoms with Gasteiger partial charge in [-0.3, -0.25) is 14.2 Å². The maximum atomic E-state index is 12.1. The summed E-state index contributed by atoms with van der Waals surface area (Å²) in [5.74, 6) is 0.652. The van der Waals surface area contributed by atoms with Gasteiger partial charge in [-0.25, -0.2) is 4.99 Å². The van der Waals surface area contributed by atoms with Crippen LogP contribution in [-0.2, 0) is 4.79 Å². The van der Waals surface area contributed by atoms with Gasteiger partial charge in [-0.05, 0) is 23.9 Å². The van der Waals surface area contributed by atoms with Gasteiger partial charge in [0.05, 0.1) is 5.52 Å². The van der Waals surface area contributed by atoms with E-state index in [4.69, 9.17) is 0 Å². The maximum absolute atomic E-state index is 12.1. The Balaban J connectivity index is 2.04. The predicted molar refractivity (Wildman–Crippen MR) is 98.9 cm³/mol. The third-order valence-corrected chi connectivity index (χ3v) is 5.30. The van der Waals surface area contributed by atoms with E-state index in [1.54, 1.807) is 22.9 Å². The van der Waals surface area contributed by atoms with Crippen molar-refractivity contribution in [3.63, 3.8) is 0 Å². The number of aromatic nitrogens is 1. The minimum Gasteiger partial charge on any atom is -0.287 e. The van der Waals surface area contributed by atoms with Crippen LogP contribution in [0.25, 0.3) is 17.0 Å². The molecule has 0 radical (unpaired) electrons. The Kier molecular flexibility index (Phi) is 4.54. The fourth-order valence-corrected chi connectivity index (χ4v) is 3.91. The van der Waals surface area contributed by atoms with Crippen molar-refractivity contribution >= 4 is 55.9 Å². The molecular formula is C17H14N2O2S2. The largest absolute Gasteiger partial charge is 0.287 e. The number of benzene rings is 1. The number of para-hydroxylation sites is 1. The molecule has 23 heavy (non-hydrogen) atoms. The Hall–Kier alpha value is -2.05. The normalized spacial score (nSPS) is 16.1. The van der Waals surface area contributed by atoms with Crippen molar-refractivity contribution in [1.82, 2.24) is 4.57 Å². The first-order valence-corrected chi connectivity index (χ1v) is 8.77. The molecule has 3 rings (SSSR count). The smallest absolute Gasteiger partial charge is 0.244 e. The summed E-state index contributed by atoms with van der Waals surface area (Å²) in [7, 11) is 0. The summed E-state index contributed by atoms with van der Waals surface area (Å²) in [5, 5.41) is 0.853. The van der Waals surface area contributed by atoms with Crippen LogP contribution in [0.4, 0.5) is 0 Å². The lowest BCUT2D eigenvalue weighted by Crippen LogP contribution is -2.02. The first-order valence-electron chi connectivity index (χ1n) is 6.97. The van der Waals surface area contributed by atoms with Crippen molar-refractivity contribution in [3.8, 4) is 0 Å². The first-order chi connectivity index (χ1) is 11.1. The van der Waals surface area contributed by atoms with Crippen LogP contribution < -0.4 is 0 Å². The second kappa shape index (κ2) is 6.60. The van der Waals surface area contributed by atoms with E-state index < -0.39 is 0 Å².